The molecule has 0 fully saturated rings. The van der Waals surface area contributed by atoms with Crippen LogP contribution in [-0.4, -0.2) is 61.3 Å². The Hall–Kier alpha value is -2.97. The van der Waals surface area contributed by atoms with Crippen molar-refractivity contribution in [3.63, 3.8) is 0 Å². The predicted molar refractivity (Wildman–Crippen MR) is 123 cm³/mol. The number of aliphatic carboxylic acids is 2. The van der Waals surface area contributed by atoms with E-state index in [1.807, 2.05) is 17.8 Å². The second-order valence-corrected chi connectivity index (χ2v) is 8.48. The molecule has 8 heteroatoms. The monoisotopic (exact) mass is 444 g/mol. The standard InChI is InChI=1S/C19H24N2OS.C4H4O4/c1-14(12-20(2)3)13-21-16-7-5-6-8-18(16)23-19-10-9-15(22-4)11-17(19)21;5-3(6)1-2-4(7)8/h5-11,14H,12-13H2,1-4H3;1-2H,(H,5,6)(H,7,8). The molecule has 0 aromatic heterocycles. The van der Waals surface area contributed by atoms with Gasteiger partial charge < -0.3 is 24.7 Å². The highest BCUT2D eigenvalue weighted by Crippen LogP contribution is 2.49. The van der Waals surface area contributed by atoms with Crippen molar-refractivity contribution in [2.24, 2.45) is 5.92 Å². The van der Waals surface area contributed by atoms with Crippen molar-refractivity contribution >= 4 is 35.1 Å². The third kappa shape index (κ3) is 7.34. The Morgan fingerprint density at radius 1 is 1.06 bits per heavy atom. The number of nitrogens with zero attached hydrogens (tertiary/aromatic N) is 2. The summed E-state index contributed by atoms with van der Waals surface area (Å²) in [6.45, 7) is 4.38. The number of benzene rings is 2. The van der Waals surface area contributed by atoms with Crippen LogP contribution in [0.2, 0.25) is 0 Å². The van der Waals surface area contributed by atoms with Crippen LogP contribution in [0.1, 0.15) is 6.92 Å². The maximum Gasteiger partial charge on any atom is 0.328 e. The number of hydrogen-bond acceptors (Lipinski definition) is 6. The van der Waals surface area contributed by atoms with E-state index < -0.39 is 11.9 Å². The van der Waals surface area contributed by atoms with E-state index in [1.54, 1.807) is 7.11 Å². The molecule has 1 aliphatic rings. The molecule has 0 amide bonds. The third-order valence-corrected chi connectivity index (χ3v) is 5.50. The van der Waals surface area contributed by atoms with Crippen molar-refractivity contribution in [1.82, 2.24) is 4.90 Å². The Bertz CT molecular complexity index is 929. The summed E-state index contributed by atoms with van der Waals surface area (Å²) >= 11 is 1.84. The Morgan fingerprint density at radius 3 is 2.26 bits per heavy atom. The van der Waals surface area contributed by atoms with Gasteiger partial charge in [-0.2, -0.15) is 0 Å². The molecule has 3 rings (SSSR count). The highest BCUT2D eigenvalue weighted by molar-refractivity contribution is 7.99. The first-order valence-electron chi connectivity index (χ1n) is 9.72. The molecule has 1 aliphatic heterocycles. The van der Waals surface area contributed by atoms with Crippen molar-refractivity contribution in [1.29, 1.82) is 0 Å². The molecule has 2 aromatic rings. The second-order valence-electron chi connectivity index (χ2n) is 7.39. The normalized spacial score (nSPS) is 13.1. The summed E-state index contributed by atoms with van der Waals surface area (Å²) in [4.78, 5) is 26.4. The van der Waals surface area contributed by atoms with Gasteiger partial charge in [0.25, 0.3) is 0 Å². The predicted octanol–water partition coefficient (Wildman–Crippen LogP) is 4.21. The SMILES string of the molecule is COc1ccc2c(c1)N(CC(C)CN(C)C)c1ccccc1S2.O=C(O)C=CC(=O)O. The van der Waals surface area contributed by atoms with Crippen LogP contribution in [0.3, 0.4) is 0 Å². The molecule has 1 heterocycles. The number of carboxylic acid groups (broad SMARTS) is 2. The smallest absolute Gasteiger partial charge is 0.328 e. The van der Waals surface area contributed by atoms with Crippen molar-refractivity contribution in [2.75, 3.05) is 39.2 Å². The summed E-state index contributed by atoms with van der Waals surface area (Å²) in [5.41, 5.74) is 2.54. The summed E-state index contributed by atoms with van der Waals surface area (Å²) in [7, 11) is 5.99. The Balaban J connectivity index is 0.000000366. The van der Waals surface area contributed by atoms with E-state index in [-0.39, 0.29) is 0 Å². The molecule has 1 unspecified atom stereocenters. The van der Waals surface area contributed by atoms with Crippen LogP contribution in [0.4, 0.5) is 11.4 Å². The van der Waals surface area contributed by atoms with Gasteiger partial charge in [-0.05, 0) is 44.3 Å². The fourth-order valence-electron chi connectivity index (χ4n) is 3.27. The molecule has 31 heavy (non-hydrogen) atoms. The molecule has 2 N–H and O–H groups in total. The molecule has 7 nitrogen and oxygen atoms in total. The Labute approximate surface area is 186 Å². The lowest BCUT2D eigenvalue weighted by Gasteiger charge is -2.35. The van der Waals surface area contributed by atoms with E-state index in [1.165, 1.54) is 21.2 Å². The van der Waals surface area contributed by atoms with Gasteiger partial charge in [-0.15, -0.1) is 0 Å². The van der Waals surface area contributed by atoms with Gasteiger partial charge in [0.1, 0.15) is 5.75 Å². The van der Waals surface area contributed by atoms with Crippen LogP contribution in [-0.2, 0) is 9.59 Å². The lowest BCUT2D eigenvalue weighted by Crippen LogP contribution is -2.31. The van der Waals surface area contributed by atoms with E-state index in [0.29, 0.717) is 18.1 Å². The average molecular weight is 445 g/mol. The molecule has 0 spiro atoms. The number of anilines is 2. The van der Waals surface area contributed by atoms with Crippen LogP contribution in [0.15, 0.2) is 64.4 Å². The highest BCUT2D eigenvalue weighted by atomic mass is 32.2. The summed E-state index contributed by atoms with van der Waals surface area (Å²) in [6, 6.07) is 15.0. The Morgan fingerprint density at radius 2 is 1.68 bits per heavy atom. The van der Waals surface area contributed by atoms with Crippen molar-refractivity contribution in [3.05, 3.63) is 54.6 Å². The topological polar surface area (TPSA) is 90.3 Å². The molecule has 0 saturated carbocycles. The van der Waals surface area contributed by atoms with Gasteiger partial charge in [-0.1, -0.05) is 30.8 Å². The lowest BCUT2D eigenvalue weighted by molar-refractivity contribution is -0.134. The molecular formula is C23H28N2O5S. The zero-order chi connectivity index (χ0) is 23.0. The average Bonchev–Trinajstić information content (AvgIpc) is 2.71. The third-order valence-electron chi connectivity index (χ3n) is 4.37. The first-order valence-corrected chi connectivity index (χ1v) is 10.5. The molecule has 0 aliphatic carbocycles. The number of ether oxygens (including phenoxy) is 1. The number of para-hydroxylation sites is 1. The summed E-state index contributed by atoms with van der Waals surface area (Å²) in [6.07, 6.45) is 1.12. The summed E-state index contributed by atoms with van der Waals surface area (Å²) < 4.78 is 5.44. The summed E-state index contributed by atoms with van der Waals surface area (Å²) in [5, 5.41) is 15.6. The molecule has 0 saturated heterocycles. The van der Waals surface area contributed by atoms with Gasteiger partial charge in [0, 0.05) is 41.1 Å². The van der Waals surface area contributed by atoms with Crippen molar-refractivity contribution < 1.29 is 24.5 Å². The van der Waals surface area contributed by atoms with E-state index in [4.69, 9.17) is 14.9 Å². The lowest BCUT2D eigenvalue weighted by atomic mass is 10.1. The van der Waals surface area contributed by atoms with Crippen molar-refractivity contribution in [3.8, 4) is 5.75 Å². The largest absolute Gasteiger partial charge is 0.497 e. The minimum absolute atomic E-state index is 0.558. The minimum Gasteiger partial charge on any atom is -0.497 e. The number of rotatable bonds is 7. The first-order chi connectivity index (χ1) is 14.7. The van der Waals surface area contributed by atoms with Gasteiger partial charge >= 0.3 is 11.9 Å². The fraction of sp³-hybridized carbons (Fsp3) is 0.304. The molecule has 2 aromatic carbocycles. The second kappa shape index (κ2) is 11.4. The maximum atomic E-state index is 9.55. The number of methoxy groups -OCH3 is 1. The van der Waals surface area contributed by atoms with Gasteiger partial charge in [-0.3, -0.25) is 0 Å². The summed E-state index contributed by atoms with van der Waals surface area (Å²) in [5.74, 6) is -1.03. The van der Waals surface area contributed by atoms with Gasteiger partial charge in [0.15, 0.2) is 0 Å². The van der Waals surface area contributed by atoms with Gasteiger partial charge in [-0.25, -0.2) is 9.59 Å². The number of hydrogen-bond donors (Lipinski definition) is 2. The van der Waals surface area contributed by atoms with E-state index >= 15 is 0 Å². The van der Waals surface area contributed by atoms with Crippen LogP contribution in [0.25, 0.3) is 0 Å². The van der Waals surface area contributed by atoms with Crippen LogP contribution >= 0.6 is 11.8 Å². The van der Waals surface area contributed by atoms with E-state index in [2.05, 4.69) is 67.2 Å². The highest BCUT2D eigenvalue weighted by Gasteiger charge is 2.25. The number of fused-ring (bicyclic) bond motifs is 2. The molecular weight excluding hydrogens is 416 g/mol. The van der Waals surface area contributed by atoms with Crippen LogP contribution < -0.4 is 9.64 Å². The van der Waals surface area contributed by atoms with Crippen LogP contribution in [0.5, 0.6) is 5.75 Å². The van der Waals surface area contributed by atoms with E-state index in [9.17, 15) is 9.59 Å². The molecule has 166 valence electrons. The first kappa shape index (κ1) is 24.3. The maximum absolute atomic E-state index is 9.55. The quantitative estimate of drug-likeness (QED) is 0.614. The van der Waals surface area contributed by atoms with Crippen LogP contribution in [0, 0.1) is 5.92 Å². The van der Waals surface area contributed by atoms with Crippen molar-refractivity contribution in [2.45, 2.75) is 16.7 Å². The molecule has 1 atom stereocenters. The molecule has 0 radical (unpaired) electrons. The minimum atomic E-state index is -1.26. The van der Waals surface area contributed by atoms with Gasteiger partial charge in [0.05, 0.1) is 18.5 Å². The Kier molecular flexibility index (Phi) is 8.96. The van der Waals surface area contributed by atoms with Gasteiger partial charge in [0.2, 0.25) is 0 Å². The zero-order valence-electron chi connectivity index (χ0n) is 18.1. The fourth-order valence-corrected chi connectivity index (χ4v) is 4.34. The van der Waals surface area contributed by atoms with E-state index in [0.717, 1.165) is 18.8 Å². The number of carbonyl (C=O) groups is 2. The zero-order valence-corrected chi connectivity index (χ0v) is 18.9. The molecule has 0 bridgehead atoms. The number of carboxylic acids is 2.